The van der Waals surface area contributed by atoms with Crippen molar-refractivity contribution in [2.24, 2.45) is 0 Å². The van der Waals surface area contributed by atoms with Crippen molar-refractivity contribution in [1.82, 2.24) is 0 Å². The van der Waals surface area contributed by atoms with E-state index >= 15 is 0 Å². The van der Waals surface area contributed by atoms with E-state index in [1.54, 1.807) is 6.92 Å². The molecule has 0 aliphatic carbocycles. The third kappa shape index (κ3) is 3.48. The average Bonchev–Trinajstić information content (AvgIpc) is 2.55. The molecule has 0 saturated carbocycles. The van der Waals surface area contributed by atoms with Crippen LogP contribution >= 0.6 is 0 Å². The van der Waals surface area contributed by atoms with Crippen LogP contribution in [-0.4, -0.2) is 19.2 Å². The van der Waals surface area contributed by atoms with Crippen LogP contribution in [0.25, 0.3) is 0 Å². The summed E-state index contributed by atoms with van der Waals surface area (Å²) in [5.41, 5.74) is 2.36. The Morgan fingerprint density at radius 2 is 1.50 bits per heavy atom. The van der Waals surface area contributed by atoms with E-state index in [1.165, 1.54) is 18.2 Å². The number of ether oxygens (including phenoxy) is 2. The number of hydrogen-bond donors (Lipinski definition) is 0. The first-order valence-electron chi connectivity index (χ1n) is 7.35. The molecule has 116 valence electrons. The molecule has 0 N–H and O–H groups in total. The number of methoxy groups -OCH3 is 1. The molecule has 0 unspecified atom stereocenters. The van der Waals surface area contributed by atoms with Gasteiger partial charge in [0.2, 0.25) is 0 Å². The first-order valence-corrected chi connectivity index (χ1v) is 7.35. The Balaban J connectivity index is 2.17. The summed E-state index contributed by atoms with van der Waals surface area (Å²) >= 11 is 0. The van der Waals surface area contributed by atoms with E-state index in [9.17, 15) is 4.79 Å². The minimum Gasteiger partial charge on any atom is -0.479 e. The lowest BCUT2D eigenvalue weighted by atomic mass is 9.78. The molecule has 2 aromatic rings. The van der Waals surface area contributed by atoms with Crippen LogP contribution in [0, 0.1) is 0 Å². The van der Waals surface area contributed by atoms with Crippen molar-refractivity contribution < 1.29 is 14.3 Å². The highest BCUT2D eigenvalue weighted by Crippen LogP contribution is 2.32. The summed E-state index contributed by atoms with van der Waals surface area (Å²) in [6.45, 7) is 6.05. The highest BCUT2D eigenvalue weighted by atomic mass is 16.6. The molecule has 0 bridgehead atoms. The second kappa shape index (κ2) is 6.65. The van der Waals surface area contributed by atoms with Gasteiger partial charge in [-0.2, -0.15) is 0 Å². The summed E-state index contributed by atoms with van der Waals surface area (Å²) in [5, 5.41) is 0. The smallest absolute Gasteiger partial charge is 0.346 e. The van der Waals surface area contributed by atoms with E-state index in [0.29, 0.717) is 5.75 Å². The first-order chi connectivity index (χ1) is 10.4. The van der Waals surface area contributed by atoms with Gasteiger partial charge in [0, 0.05) is 5.41 Å². The lowest BCUT2D eigenvalue weighted by molar-refractivity contribution is -0.147. The predicted molar refractivity (Wildman–Crippen MR) is 87.1 cm³/mol. The summed E-state index contributed by atoms with van der Waals surface area (Å²) in [7, 11) is 1.35. The van der Waals surface area contributed by atoms with Crippen molar-refractivity contribution >= 4 is 5.97 Å². The SMILES string of the molecule is COC(=O)[C@H](C)Oc1ccc(C(C)(C)c2ccccc2)cc1. The van der Waals surface area contributed by atoms with Gasteiger partial charge >= 0.3 is 5.97 Å². The maximum Gasteiger partial charge on any atom is 0.346 e. The summed E-state index contributed by atoms with van der Waals surface area (Å²) in [5.74, 6) is 0.277. The van der Waals surface area contributed by atoms with Crippen LogP contribution in [-0.2, 0) is 14.9 Å². The van der Waals surface area contributed by atoms with Gasteiger partial charge in [0.25, 0.3) is 0 Å². The van der Waals surface area contributed by atoms with Gasteiger partial charge in [-0.15, -0.1) is 0 Å². The second-order valence-corrected chi connectivity index (χ2v) is 5.80. The topological polar surface area (TPSA) is 35.5 Å². The van der Waals surface area contributed by atoms with Gasteiger partial charge < -0.3 is 9.47 Å². The number of esters is 1. The Kier molecular flexibility index (Phi) is 4.86. The van der Waals surface area contributed by atoms with Crippen molar-refractivity contribution in [1.29, 1.82) is 0 Å². The van der Waals surface area contributed by atoms with E-state index in [0.717, 1.165) is 0 Å². The van der Waals surface area contributed by atoms with Gasteiger partial charge in [-0.3, -0.25) is 0 Å². The van der Waals surface area contributed by atoms with Crippen LogP contribution in [0.4, 0.5) is 0 Å². The highest BCUT2D eigenvalue weighted by Gasteiger charge is 2.23. The van der Waals surface area contributed by atoms with Crippen LogP contribution in [0.2, 0.25) is 0 Å². The van der Waals surface area contributed by atoms with E-state index in [4.69, 9.17) is 4.74 Å². The summed E-state index contributed by atoms with van der Waals surface area (Å²) in [4.78, 5) is 11.4. The molecule has 0 radical (unpaired) electrons. The van der Waals surface area contributed by atoms with Gasteiger partial charge in [-0.25, -0.2) is 4.79 Å². The monoisotopic (exact) mass is 298 g/mol. The van der Waals surface area contributed by atoms with Gasteiger partial charge in [0.1, 0.15) is 5.75 Å². The molecule has 3 heteroatoms. The van der Waals surface area contributed by atoms with Crippen LogP contribution < -0.4 is 4.74 Å². The van der Waals surface area contributed by atoms with E-state index in [2.05, 4.69) is 30.7 Å². The largest absolute Gasteiger partial charge is 0.479 e. The Hall–Kier alpha value is -2.29. The number of carbonyl (C=O) groups excluding carboxylic acids is 1. The predicted octanol–water partition coefficient (Wildman–Crippen LogP) is 3.95. The molecule has 0 heterocycles. The van der Waals surface area contributed by atoms with Crippen molar-refractivity contribution in [3.05, 3.63) is 65.7 Å². The van der Waals surface area contributed by atoms with Crippen molar-refractivity contribution in [2.45, 2.75) is 32.3 Å². The molecular weight excluding hydrogens is 276 g/mol. The van der Waals surface area contributed by atoms with Gasteiger partial charge in [-0.1, -0.05) is 56.3 Å². The molecule has 2 aromatic carbocycles. The zero-order valence-electron chi connectivity index (χ0n) is 13.5. The Labute approximate surface area is 131 Å². The van der Waals surface area contributed by atoms with Gasteiger partial charge in [0.05, 0.1) is 7.11 Å². The number of rotatable bonds is 5. The lowest BCUT2D eigenvalue weighted by Gasteiger charge is -2.26. The molecule has 0 amide bonds. The fraction of sp³-hybridized carbons (Fsp3) is 0.316. The highest BCUT2D eigenvalue weighted by molar-refractivity contribution is 5.74. The van der Waals surface area contributed by atoms with Gasteiger partial charge in [-0.05, 0) is 30.2 Å². The summed E-state index contributed by atoms with van der Waals surface area (Å²) < 4.78 is 10.2. The van der Waals surface area contributed by atoms with Crippen LogP contribution in [0.3, 0.4) is 0 Å². The van der Waals surface area contributed by atoms with Crippen LogP contribution in [0.15, 0.2) is 54.6 Å². The number of benzene rings is 2. The van der Waals surface area contributed by atoms with Gasteiger partial charge in [0.15, 0.2) is 6.10 Å². The molecule has 22 heavy (non-hydrogen) atoms. The first kappa shape index (κ1) is 16.1. The maximum atomic E-state index is 11.4. The Morgan fingerprint density at radius 1 is 0.955 bits per heavy atom. The fourth-order valence-corrected chi connectivity index (χ4v) is 2.39. The number of carbonyl (C=O) groups is 1. The quantitative estimate of drug-likeness (QED) is 0.784. The minimum atomic E-state index is -0.613. The third-order valence-corrected chi connectivity index (χ3v) is 3.92. The standard InChI is InChI=1S/C19H22O3/c1-14(18(20)21-4)22-17-12-10-16(11-13-17)19(2,3)15-8-6-5-7-9-15/h5-14H,1-4H3/t14-/m0/s1. The Morgan fingerprint density at radius 3 is 2.05 bits per heavy atom. The van der Waals surface area contributed by atoms with Crippen molar-refractivity contribution in [3.8, 4) is 5.75 Å². The third-order valence-electron chi connectivity index (χ3n) is 3.92. The van der Waals surface area contributed by atoms with E-state index in [-0.39, 0.29) is 11.4 Å². The molecule has 1 atom stereocenters. The molecule has 0 fully saturated rings. The second-order valence-electron chi connectivity index (χ2n) is 5.80. The zero-order valence-corrected chi connectivity index (χ0v) is 13.5. The molecule has 3 nitrogen and oxygen atoms in total. The summed E-state index contributed by atoms with van der Waals surface area (Å²) in [6, 6.07) is 18.2. The molecule has 0 saturated heterocycles. The lowest BCUT2D eigenvalue weighted by Crippen LogP contribution is -2.25. The molecule has 2 rings (SSSR count). The van der Waals surface area contributed by atoms with E-state index in [1.807, 2.05) is 42.5 Å². The molecule has 0 aliphatic rings. The molecule has 0 spiro atoms. The summed E-state index contributed by atoms with van der Waals surface area (Å²) in [6.07, 6.45) is -0.613. The normalized spacial score (nSPS) is 12.5. The molecule has 0 aromatic heterocycles. The zero-order chi connectivity index (χ0) is 16.2. The average molecular weight is 298 g/mol. The van der Waals surface area contributed by atoms with Crippen LogP contribution in [0.1, 0.15) is 31.9 Å². The Bertz CT molecular complexity index is 615. The van der Waals surface area contributed by atoms with Crippen molar-refractivity contribution in [2.75, 3.05) is 7.11 Å². The molecule has 0 aliphatic heterocycles. The minimum absolute atomic E-state index is 0.0895. The van der Waals surface area contributed by atoms with Crippen molar-refractivity contribution in [3.63, 3.8) is 0 Å². The van der Waals surface area contributed by atoms with E-state index < -0.39 is 6.10 Å². The van der Waals surface area contributed by atoms with Crippen LogP contribution in [0.5, 0.6) is 5.75 Å². The molecular formula is C19H22O3. The maximum absolute atomic E-state index is 11.4. The fourth-order valence-electron chi connectivity index (χ4n) is 2.39. The number of hydrogen-bond acceptors (Lipinski definition) is 3.